The number of hydrogen-bond acceptors (Lipinski definition) is 5. The number of nitrogens with one attached hydrogen (secondary N) is 1. The highest BCUT2D eigenvalue weighted by Crippen LogP contribution is 2.23. The maximum absolute atomic E-state index is 9.26. The van der Waals surface area contributed by atoms with Crippen LogP contribution in [0.15, 0.2) is 59.8 Å². The minimum absolute atomic E-state index is 0.259. The number of nitrogens with zero attached hydrogens (tertiary/aromatic N) is 1. The molecule has 3 N–H and O–H groups in total. The van der Waals surface area contributed by atoms with Gasteiger partial charge in [0, 0.05) is 7.05 Å². The Morgan fingerprint density at radius 3 is 2.04 bits per heavy atom. The second-order valence-electron chi connectivity index (χ2n) is 4.57. The van der Waals surface area contributed by atoms with Crippen molar-refractivity contribution in [2.75, 3.05) is 13.7 Å². The van der Waals surface area contributed by atoms with Crippen LogP contribution in [-0.2, 0) is 0 Å². The summed E-state index contributed by atoms with van der Waals surface area (Å²) in [7, 11) is 1.35. The third-order valence-electron chi connectivity index (χ3n) is 2.63. The molecule has 0 aromatic heterocycles. The van der Waals surface area contributed by atoms with Gasteiger partial charge < -0.3 is 25.1 Å². The molecule has 0 heterocycles. The average molecular weight is 332 g/mol. The lowest BCUT2D eigenvalue weighted by Gasteiger charge is -2.07. The Bertz CT molecular complexity index is 642. The molecular formula is C17H20N2O5. The predicted octanol–water partition coefficient (Wildman–Crippen LogP) is 3.59. The SMILES string of the molecule is CC(COc1ccc(Oc2ccccc2)cc1)=NO.CNC(=O)O. The Labute approximate surface area is 140 Å². The molecule has 0 aliphatic carbocycles. The molecule has 0 aliphatic rings. The van der Waals surface area contributed by atoms with Crippen LogP contribution in [0.4, 0.5) is 4.79 Å². The normalized spacial score (nSPS) is 10.2. The van der Waals surface area contributed by atoms with Crippen LogP contribution < -0.4 is 14.8 Å². The number of rotatable bonds is 5. The average Bonchev–Trinajstić information content (AvgIpc) is 2.62. The van der Waals surface area contributed by atoms with Crippen molar-refractivity contribution in [2.45, 2.75) is 6.92 Å². The van der Waals surface area contributed by atoms with E-state index in [1.54, 1.807) is 6.92 Å². The van der Waals surface area contributed by atoms with Crippen LogP contribution >= 0.6 is 0 Å². The van der Waals surface area contributed by atoms with Crippen LogP contribution in [0, 0.1) is 0 Å². The van der Waals surface area contributed by atoms with Crippen LogP contribution in [0.1, 0.15) is 6.92 Å². The van der Waals surface area contributed by atoms with Crippen molar-refractivity contribution in [2.24, 2.45) is 5.16 Å². The van der Waals surface area contributed by atoms with Gasteiger partial charge >= 0.3 is 6.09 Å². The van der Waals surface area contributed by atoms with Crippen molar-refractivity contribution in [3.05, 3.63) is 54.6 Å². The van der Waals surface area contributed by atoms with E-state index >= 15 is 0 Å². The Morgan fingerprint density at radius 1 is 1.04 bits per heavy atom. The number of para-hydroxylation sites is 1. The van der Waals surface area contributed by atoms with E-state index in [9.17, 15) is 4.79 Å². The van der Waals surface area contributed by atoms with Gasteiger partial charge in [-0.25, -0.2) is 4.79 Å². The third-order valence-corrected chi connectivity index (χ3v) is 2.63. The van der Waals surface area contributed by atoms with Crippen molar-refractivity contribution in [3.8, 4) is 17.2 Å². The fourth-order valence-electron chi connectivity index (χ4n) is 1.45. The molecular weight excluding hydrogens is 312 g/mol. The molecule has 0 unspecified atom stereocenters. The molecule has 0 radical (unpaired) electrons. The van der Waals surface area contributed by atoms with E-state index in [0.717, 1.165) is 11.5 Å². The van der Waals surface area contributed by atoms with Crippen molar-refractivity contribution in [3.63, 3.8) is 0 Å². The van der Waals surface area contributed by atoms with E-state index in [1.807, 2.05) is 59.9 Å². The Kier molecular flexibility index (Phi) is 8.23. The van der Waals surface area contributed by atoms with Crippen LogP contribution in [0.25, 0.3) is 0 Å². The van der Waals surface area contributed by atoms with Gasteiger partial charge in [-0.1, -0.05) is 23.4 Å². The summed E-state index contributed by atoms with van der Waals surface area (Å²) in [5, 5.41) is 21.1. The lowest BCUT2D eigenvalue weighted by molar-refractivity contribution is 0.197. The summed E-state index contributed by atoms with van der Waals surface area (Å²) in [5.74, 6) is 2.23. The molecule has 24 heavy (non-hydrogen) atoms. The van der Waals surface area contributed by atoms with Crippen molar-refractivity contribution < 1.29 is 24.6 Å². The summed E-state index contributed by atoms with van der Waals surface area (Å²) in [6, 6.07) is 16.8. The first kappa shape index (κ1) is 18.8. The monoisotopic (exact) mass is 332 g/mol. The van der Waals surface area contributed by atoms with E-state index < -0.39 is 6.09 Å². The van der Waals surface area contributed by atoms with E-state index in [2.05, 4.69) is 5.16 Å². The second-order valence-corrected chi connectivity index (χ2v) is 4.57. The molecule has 0 bridgehead atoms. The summed E-state index contributed by atoms with van der Waals surface area (Å²) < 4.78 is 11.1. The Hall–Kier alpha value is -3.22. The fraction of sp³-hybridized carbons (Fsp3) is 0.176. The van der Waals surface area contributed by atoms with Gasteiger partial charge in [0.25, 0.3) is 0 Å². The number of ether oxygens (including phenoxy) is 2. The van der Waals surface area contributed by atoms with E-state index in [1.165, 1.54) is 7.05 Å². The number of hydrogen-bond donors (Lipinski definition) is 3. The van der Waals surface area contributed by atoms with E-state index in [4.69, 9.17) is 19.8 Å². The molecule has 7 nitrogen and oxygen atoms in total. The van der Waals surface area contributed by atoms with Gasteiger partial charge in [0.15, 0.2) is 0 Å². The van der Waals surface area contributed by atoms with E-state index in [0.29, 0.717) is 11.5 Å². The lowest BCUT2D eigenvalue weighted by atomic mass is 10.3. The lowest BCUT2D eigenvalue weighted by Crippen LogP contribution is -2.13. The van der Waals surface area contributed by atoms with Gasteiger partial charge in [0.1, 0.15) is 23.9 Å². The molecule has 7 heteroatoms. The standard InChI is InChI=1S/C15H15NO3.C2H5NO2/c1-12(16-17)11-18-13-7-9-15(10-8-13)19-14-5-3-2-4-6-14;1-3-2(4)5/h2-10,17H,11H2,1H3;3H,1H3,(H,4,5). The minimum Gasteiger partial charge on any atom is -0.488 e. The third kappa shape index (κ3) is 7.69. The number of carbonyl (C=O) groups is 1. The van der Waals surface area contributed by atoms with Crippen LogP contribution in [-0.4, -0.2) is 35.8 Å². The van der Waals surface area contributed by atoms with Crippen LogP contribution in [0.3, 0.4) is 0 Å². The van der Waals surface area contributed by atoms with Crippen LogP contribution in [0.5, 0.6) is 17.2 Å². The number of carboxylic acid groups (broad SMARTS) is 1. The molecule has 0 atom stereocenters. The molecule has 2 rings (SSSR count). The topological polar surface area (TPSA) is 100 Å². The zero-order valence-corrected chi connectivity index (χ0v) is 13.5. The first-order valence-corrected chi connectivity index (χ1v) is 7.09. The number of amides is 1. The first-order valence-electron chi connectivity index (χ1n) is 7.09. The minimum atomic E-state index is -0.995. The van der Waals surface area contributed by atoms with Gasteiger partial charge in [-0.05, 0) is 43.3 Å². The maximum atomic E-state index is 9.26. The molecule has 2 aromatic rings. The van der Waals surface area contributed by atoms with Gasteiger partial charge in [0.2, 0.25) is 0 Å². The van der Waals surface area contributed by atoms with Crippen molar-refractivity contribution >= 4 is 11.8 Å². The first-order chi connectivity index (χ1) is 11.5. The van der Waals surface area contributed by atoms with Gasteiger partial charge in [-0.2, -0.15) is 0 Å². The molecule has 0 aliphatic heterocycles. The molecule has 1 amide bonds. The van der Waals surface area contributed by atoms with Crippen molar-refractivity contribution in [1.29, 1.82) is 0 Å². The largest absolute Gasteiger partial charge is 0.488 e. The smallest absolute Gasteiger partial charge is 0.404 e. The number of benzene rings is 2. The summed E-state index contributed by atoms with van der Waals surface area (Å²) in [6.07, 6.45) is -0.995. The summed E-state index contributed by atoms with van der Waals surface area (Å²) in [4.78, 5) is 9.26. The molecule has 0 saturated heterocycles. The fourth-order valence-corrected chi connectivity index (χ4v) is 1.45. The van der Waals surface area contributed by atoms with Crippen molar-refractivity contribution in [1.82, 2.24) is 5.32 Å². The highest BCUT2D eigenvalue weighted by Gasteiger charge is 1.99. The van der Waals surface area contributed by atoms with Gasteiger partial charge in [0.05, 0.1) is 5.71 Å². The quantitative estimate of drug-likeness (QED) is 0.441. The zero-order chi connectivity index (χ0) is 17.8. The Balaban J connectivity index is 0.000000505. The molecule has 0 spiro atoms. The van der Waals surface area contributed by atoms with E-state index in [-0.39, 0.29) is 6.61 Å². The molecule has 0 fully saturated rings. The van der Waals surface area contributed by atoms with Gasteiger partial charge in [-0.15, -0.1) is 0 Å². The summed E-state index contributed by atoms with van der Waals surface area (Å²) in [5.41, 5.74) is 0.518. The maximum Gasteiger partial charge on any atom is 0.404 e. The highest BCUT2D eigenvalue weighted by atomic mass is 16.5. The summed E-state index contributed by atoms with van der Waals surface area (Å²) in [6.45, 7) is 1.95. The molecule has 0 saturated carbocycles. The molecule has 2 aromatic carbocycles. The molecule has 128 valence electrons. The summed E-state index contributed by atoms with van der Waals surface area (Å²) >= 11 is 0. The number of oxime groups is 1. The predicted molar refractivity (Wildman–Crippen MR) is 90.4 cm³/mol. The highest BCUT2D eigenvalue weighted by molar-refractivity contribution is 5.82. The zero-order valence-electron chi connectivity index (χ0n) is 13.5. The van der Waals surface area contributed by atoms with Crippen LogP contribution in [0.2, 0.25) is 0 Å². The van der Waals surface area contributed by atoms with Gasteiger partial charge in [-0.3, -0.25) is 0 Å². The Morgan fingerprint density at radius 2 is 1.54 bits per heavy atom. The second kappa shape index (κ2) is 10.5.